The maximum Gasteiger partial charge on any atom is 0.322 e. The molecule has 37 heavy (non-hydrogen) atoms. The number of rotatable bonds is 10. The second-order valence-electron chi connectivity index (χ2n) is 9.89. The summed E-state index contributed by atoms with van der Waals surface area (Å²) in [5.74, 6) is 0.846. The van der Waals surface area contributed by atoms with E-state index in [0.717, 1.165) is 16.9 Å². The lowest BCUT2D eigenvalue weighted by Gasteiger charge is -2.23. The molecule has 0 spiro atoms. The molecule has 0 atom stereocenters. The van der Waals surface area contributed by atoms with Crippen molar-refractivity contribution < 1.29 is 19.1 Å². The molecule has 0 aliphatic heterocycles. The van der Waals surface area contributed by atoms with Crippen LogP contribution in [0.2, 0.25) is 0 Å². The molecular formula is C28H37N5O4. The Morgan fingerprint density at radius 2 is 1.78 bits per heavy atom. The molecule has 1 aromatic heterocycles. The fourth-order valence-electron chi connectivity index (χ4n) is 3.70. The number of hydrogen-bond donors (Lipinski definition) is 2. The molecule has 1 heterocycles. The number of amides is 3. The number of aromatic nitrogens is 2. The van der Waals surface area contributed by atoms with E-state index in [1.807, 2.05) is 37.3 Å². The van der Waals surface area contributed by atoms with E-state index in [4.69, 9.17) is 14.6 Å². The highest BCUT2D eigenvalue weighted by Crippen LogP contribution is 2.26. The average molecular weight is 508 g/mol. The lowest BCUT2D eigenvalue weighted by molar-refractivity contribution is -0.116. The third-order valence-corrected chi connectivity index (χ3v) is 5.71. The van der Waals surface area contributed by atoms with Gasteiger partial charge in [0, 0.05) is 43.5 Å². The largest absolute Gasteiger partial charge is 0.497 e. The van der Waals surface area contributed by atoms with Crippen molar-refractivity contribution in [2.24, 2.45) is 0 Å². The van der Waals surface area contributed by atoms with Crippen molar-refractivity contribution in [2.75, 3.05) is 44.5 Å². The molecular weight excluding hydrogens is 470 g/mol. The average Bonchev–Trinajstić information content (AvgIpc) is 3.28. The van der Waals surface area contributed by atoms with Crippen LogP contribution in [0, 0.1) is 6.92 Å². The second-order valence-corrected chi connectivity index (χ2v) is 9.89. The van der Waals surface area contributed by atoms with Crippen molar-refractivity contribution in [3.8, 4) is 11.4 Å². The number of benzene rings is 2. The fraction of sp³-hybridized carbons (Fsp3) is 0.393. The summed E-state index contributed by atoms with van der Waals surface area (Å²) in [6.45, 7) is 8.91. The van der Waals surface area contributed by atoms with Crippen molar-refractivity contribution in [1.82, 2.24) is 14.7 Å². The van der Waals surface area contributed by atoms with Crippen molar-refractivity contribution >= 4 is 23.4 Å². The quantitative estimate of drug-likeness (QED) is 0.377. The topological polar surface area (TPSA) is 97.7 Å². The van der Waals surface area contributed by atoms with Gasteiger partial charge in [0.2, 0.25) is 5.91 Å². The van der Waals surface area contributed by atoms with Crippen LogP contribution in [0.4, 0.5) is 16.3 Å². The first kappa shape index (κ1) is 27.7. The van der Waals surface area contributed by atoms with Crippen molar-refractivity contribution in [2.45, 2.75) is 39.5 Å². The first-order chi connectivity index (χ1) is 17.6. The third kappa shape index (κ3) is 7.82. The zero-order valence-corrected chi connectivity index (χ0v) is 22.5. The van der Waals surface area contributed by atoms with Crippen LogP contribution in [0.1, 0.15) is 38.4 Å². The summed E-state index contributed by atoms with van der Waals surface area (Å²) < 4.78 is 12.1. The Morgan fingerprint density at radius 1 is 1.03 bits per heavy atom. The third-order valence-electron chi connectivity index (χ3n) is 5.71. The zero-order valence-electron chi connectivity index (χ0n) is 22.5. The van der Waals surface area contributed by atoms with Crippen molar-refractivity contribution in [3.05, 3.63) is 65.9 Å². The predicted octanol–water partition coefficient (Wildman–Crippen LogP) is 5.00. The minimum Gasteiger partial charge on any atom is -0.497 e. The lowest BCUT2D eigenvalue weighted by Crippen LogP contribution is -2.41. The van der Waals surface area contributed by atoms with Crippen LogP contribution in [0.15, 0.2) is 54.6 Å². The van der Waals surface area contributed by atoms with Crippen LogP contribution in [-0.4, -0.2) is 60.5 Å². The summed E-state index contributed by atoms with van der Waals surface area (Å²) in [5, 5.41) is 10.6. The van der Waals surface area contributed by atoms with Gasteiger partial charge < -0.3 is 25.0 Å². The standard InChI is InChI=1S/C28H37N5O4/c1-20-10-7-12-22(16-20)33-25(18-24(31-33)28(2,3)4)30-26(34)19-32(14-9-15-36-5)27(35)29-21-11-8-13-23(17-21)37-6/h7-8,10-13,16-18H,9,14-15,19H2,1-6H3,(H,29,35)(H,30,34). The van der Waals surface area contributed by atoms with E-state index >= 15 is 0 Å². The number of nitrogens with one attached hydrogen (secondary N) is 2. The zero-order chi connectivity index (χ0) is 27.0. The Hall–Kier alpha value is -3.85. The van der Waals surface area contributed by atoms with Crippen molar-refractivity contribution in [3.63, 3.8) is 0 Å². The van der Waals surface area contributed by atoms with E-state index in [-0.39, 0.29) is 23.9 Å². The number of methoxy groups -OCH3 is 2. The van der Waals surface area contributed by atoms with Gasteiger partial charge in [0.1, 0.15) is 18.1 Å². The van der Waals surface area contributed by atoms with E-state index in [1.165, 1.54) is 4.90 Å². The van der Waals surface area contributed by atoms with E-state index in [2.05, 4.69) is 31.4 Å². The van der Waals surface area contributed by atoms with Gasteiger partial charge in [-0.05, 0) is 43.2 Å². The van der Waals surface area contributed by atoms with Gasteiger partial charge >= 0.3 is 6.03 Å². The number of urea groups is 1. The summed E-state index contributed by atoms with van der Waals surface area (Å²) in [6, 6.07) is 16.5. The number of aryl methyl sites for hydroxylation is 1. The molecule has 3 amide bonds. The molecule has 2 aromatic carbocycles. The summed E-state index contributed by atoms with van der Waals surface area (Å²) >= 11 is 0. The number of hydrogen-bond acceptors (Lipinski definition) is 5. The molecule has 9 heteroatoms. The molecule has 198 valence electrons. The molecule has 0 saturated carbocycles. The van der Waals surface area contributed by atoms with Crippen LogP contribution in [-0.2, 0) is 14.9 Å². The molecule has 0 aliphatic carbocycles. The second kappa shape index (κ2) is 12.4. The highest BCUT2D eigenvalue weighted by atomic mass is 16.5. The predicted molar refractivity (Wildman–Crippen MR) is 146 cm³/mol. The number of carbonyl (C=O) groups is 2. The van der Waals surface area contributed by atoms with E-state index in [0.29, 0.717) is 36.8 Å². The summed E-state index contributed by atoms with van der Waals surface area (Å²) in [7, 11) is 3.17. The highest BCUT2D eigenvalue weighted by Gasteiger charge is 2.23. The molecule has 0 aliphatic rings. The number of ether oxygens (including phenoxy) is 2. The Bertz CT molecular complexity index is 1220. The van der Waals surface area contributed by atoms with E-state index < -0.39 is 0 Å². The lowest BCUT2D eigenvalue weighted by atomic mass is 9.92. The van der Waals surface area contributed by atoms with Crippen molar-refractivity contribution in [1.29, 1.82) is 0 Å². The van der Waals surface area contributed by atoms with Gasteiger partial charge in [0.25, 0.3) is 0 Å². The minimum atomic E-state index is -0.387. The first-order valence-electron chi connectivity index (χ1n) is 12.3. The van der Waals surface area contributed by atoms with E-state index in [1.54, 1.807) is 43.2 Å². The van der Waals surface area contributed by atoms with Gasteiger partial charge in [-0.2, -0.15) is 5.10 Å². The summed E-state index contributed by atoms with van der Waals surface area (Å²) in [4.78, 5) is 27.8. The molecule has 0 unspecified atom stereocenters. The normalized spacial score (nSPS) is 11.2. The molecule has 0 bridgehead atoms. The number of nitrogens with zero attached hydrogens (tertiary/aromatic N) is 3. The molecule has 0 radical (unpaired) electrons. The Labute approximate surface area is 218 Å². The molecule has 2 N–H and O–H groups in total. The molecule has 0 fully saturated rings. The Morgan fingerprint density at radius 3 is 2.46 bits per heavy atom. The van der Waals surface area contributed by atoms with Crippen LogP contribution >= 0.6 is 0 Å². The first-order valence-corrected chi connectivity index (χ1v) is 12.3. The van der Waals surface area contributed by atoms with Gasteiger partial charge in [-0.15, -0.1) is 0 Å². The smallest absolute Gasteiger partial charge is 0.322 e. The summed E-state index contributed by atoms with van der Waals surface area (Å²) in [5.41, 5.74) is 3.14. The minimum absolute atomic E-state index is 0.136. The molecule has 9 nitrogen and oxygen atoms in total. The van der Waals surface area contributed by atoms with E-state index in [9.17, 15) is 9.59 Å². The molecule has 0 saturated heterocycles. The van der Waals surface area contributed by atoms with Gasteiger partial charge in [0.05, 0.1) is 18.5 Å². The van der Waals surface area contributed by atoms with Crippen LogP contribution in [0.3, 0.4) is 0 Å². The monoisotopic (exact) mass is 507 g/mol. The van der Waals surface area contributed by atoms with Gasteiger partial charge in [0.15, 0.2) is 0 Å². The van der Waals surface area contributed by atoms with Gasteiger partial charge in [-0.3, -0.25) is 4.79 Å². The van der Waals surface area contributed by atoms with Crippen LogP contribution < -0.4 is 15.4 Å². The maximum absolute atomic E-state index is 13.2. The SMILES string of the molecule is COCCCN(CC(=O)Nc1cc(C(C)(C)C)nn1-c1cccc(C)c1)C(=O)Nc1cccc(OC)c1. The Balaban J connectivity index is 1.80. The highest BCUT2D eigenvalue weighted by molar-refractivity contribution is 5.96. The number of carbonyl (C=O) groups excluding carboxylic acids is 2. The molecule has 3 rings (SSSR count). The van der Waals surface area contributed by atoms with Gasteiger partial charge in [-0.25, -0.2) is 9.48 Å². The maximum atomic E-state index is 13.2. The van der Waals surface area contributed by atoms with Crippen LogP contribution in [0.5, 0.6) is 5.75 Å². The van der Waals surface area contributed by atoms with Gasteiger partial charge in [-0.1, -0.05) is 39.0 Å². The summed E-state index contributed by atoms with van der Waals surface area (Å²) in [6.07, 6.45) is 0.588. The number of anilines is 2. The molecule has 3 aromatic rings. The fourth-order valence-corrected chi connectivity index (χ4v) is 3.70. The van der Waals surface area contributed by atoms with Crippen LogP contribution in [0.25, 0.3) is 5.69 Å². The Kier molecular flexibility index (Phi) is 9.30.